The lowest BCUT2D eigenvalue weighted by atomic mass is 10.0. The Morgan fingerprint density at radius 3 is 1.31 bits per heavy atom. The first-order valence-corrected chi connectivity index (χ1v) is 25.9. The lowest BCUT2D eigenvalue weighted by molar-refractivity contribution is 0.452. The van der Waals surface area contributed by atoms with E-state index in [2.05, 4.69) is 174 Å². The van der Waals surface area contributed by atoms with Crippen molar-refractivity contribution in [1.29, 1.82) is 0 Å². The molecule has 0 atom stereocenters. The highest BCUT2D eigenvalue weighted by Gasteiger charge is 2.08. The van der Waals surface area contributed by atoms with Crippen LogP contribution in [0.2, 0.25) is 0 Å². The summed E-state index contributed by atoms with van der Waals surface area (Å²) >= 11 is 0. The van der Waals surface area contributed by atoms with Crippen LogP contribution in [0.5, 0.6) is 0 Å². The van der Waals surface area contributed by atoms with E-state index in [0.717, 1.165) is 92.8 Å². The summed E-state index contributed by atoms with van der Waals surface area (Å²) in [5.41, 5.74) is 4.85. The Balaban J connectivity index is 0.000000427. The van der Waals surface area contributed by atoms with Crippen LogP contribution in [0.1, 0.15) is 211 Å². The van der Waals surface area contributed by atoms with E-state index in [0.29, 0.717) is 17.8 Å². The standard InChI is InChI=1S/C14H27N3.2C13H25N3.C12H23N3/c1-12(2)7-5-6-8-14-11-15-16-17(14)10-9-13(3)4;1-11(2)7-5-6-8-13-9-14-15-16(13)10-12(3)4;1-11(2)7-5-6-8-13-10-16(15-14-13)9-12(3)4;1-10(2)6-5-7-15-9-12(13-14-15)8-11(3)4/h11-13H,5-10H2,1-4H3;9,11-12H,5-8,10H2,1-4H3;10-12H,5-9H2,1-4H3;9-11H,5-8H2,1-4H3. The summed E-state index contributed by atoms with van der Waals surface area (Å²) in [6.07, 6.45) is 27.6. The Morgan fingerprint density at radius 1 is 0.375 bits per heavy atom. The van der Waals surface area contributed by atoms with E-state index < -0.39 is 0 Å². The predicted octanol–water partition coefficient (Wildman–Crippen LogP) is 13.2. The van der Waals surface area contributed by atoms with Crippen molar-refractivity contribution in [2.45, 2.75) is 240 Å². The number of hydrogen-bond donors (Lipinski definition) is 0. The highest BCUT2D eigenvalue weighted by atomic mass is 15.4. The van der Waals surface area contributed by atoms with E-state index in [-0.39, 0.29) is 0 Å². The molecule has 4 heterocycles. The van der Waals surface area contributed by atoms with E-state index >= 15 is 0 Å². The third-order valence-corrected chi connectivity index (χ3v) is 10.8. The SMILES string of the molecule is CC(C)CCCCc1cn(CC(C)C)nn1.CC(C)CCCCc1cnnn1CC(C)C.CC(C)CCCCc1cnnn1CCC(C)C.CC(C)CCCn1cc(CC(C)C)nn1. The van der Waals surface area contributed by atoms with Crippen molar-refractivity contribution in [2.24, 2.45) is 47.3 Å². The minimum absolute atomic E-state index is 0.635. The van der Waals surface area contributed by atoms with Crippen LogP contribution in [0, 0.1) is 47.3 Å². The molecule has 0 unspecified atom stereocenters. The molecule has 0 bridgehead atoms. The summed E-state index contributed by atoms with van der Waals surface area (Å²) in [4.78, 5) is 0. The molecule has 0 fully saturated rings. The molecule has 64 heavy (non-hydrogen) atoms. The molecule has 0 spiro atoms. The fraction of sp³-hybridized carbons (Fsp3) is 0.846. The normalized spacial score (nSPS) is 11.6. The van der Waals surface area contributed by atoms with Crippen LogP contribution < -0.4 is 0 Å². The third kappa shape index (κ3) is 31.4. The van der Waals surface area contributed by atoms with Crippen LogP contribution in [0.15, 0.2) is 24.8 Å². The maximum atomic E-state index is 4.20. The summed E-state index contributed by atoms with van der Waals surface area (Å²) < 4.78 is 8.07. The molecule has 12 nitrogen and oxygen atoms in total. The van der Waals surface area contributed by atoms with E-state index in [1.165, 1.54) is 88.4 Å². The maximum absolute atomic E-state index is 4.20. The van der Waals surface area contributed by atoms with Crippen molar-refractivity contribution >= 4 is 0 Å². The lowest BCUT2D eigenvalue weighted by Gasteiger charge is -2.08. The number of aryl methyl sites for hydroxylation is 5. The van der Waals surface area contributed by atoms with Gasteiger partial charge in [-0.05, 0) is 112 Å². The van der Waals surface area contributed by atoms with Gasteiger partial charge < -0.3 is 0 Å². The second-order valence-electron chi connectivity index (χ2n) is 21.8. The summed E-state index contributed by atoms with van der Waals surface area (Å²) in [6, 6.07) is 0. The molecule has 4 rings (SSSR count). The van der Waals surface area contributed by atoms with Crippen LogP contribution in [0.3, 0.4) is 0 Å². The number of aromatic nitrogens is 12. The largest absolute Gasteiger partial charge is 0.252 e. The van der Waals surface area contributed by atoms with Gasteiger partial charge in [0.25, 0.3) is 0 Å². The average molecular weight is 893 g/mol. The highest BCUT2D eigenvalue weighted by Crippen LogP contribution is 2.14. The summed E-state index contributed by atoms with van der Waals surface area (Å²) in [7, 11) is 0. The molecule has 0 saturated carbocycles. The summed E-state index contributed by atoms with van der Waals surface area (Å²) in [5.74, 6) is 5.89. The van der Waals surface area contributed by atoms with E-state index in [9.17, 15) is 0 Å². The van der Waals surface area contributed by atoms with Gasteiger partial charge in [-0.25, -0.2) is 9.36 Å². The first-order chi connectivity index (χ1) is 30.3. The molecule has 0 radical (unpaired) electrons. The fourth-order valence-electron chi connectivity index (χ4n) is 7.13. The molecule has 0 aliphatic heterocycles. The van der Waals surface area contributed by atoms with Gasteiger partial charge in [0.1, 0.15) is 0 Å². The van der Waals surface area contributed by atoms with Crippen LogP contribution in [-0.2, 0) is 51.9 Å². The minimum atomic E-state index is 0.635. The Hall–Kier alpha value is -3.44. The van der Waals surface area contributed by atoms with E-state index in [1.54, 1.807) is 0 Å². The molecule has 0 aromatic carbocycles. The van der Waals surface area contributed by atoms with Crippen molar-refractivity contribution in [1.82, 2.24) is 60.0 Å². The second kappa shape index (κ2) is 34.8. The van der Waals surface area contributed by atoms with Crippen molar-refractivity contribution in [3.63, 3.8) is 0 Å². The topological polar surface area (TPSA) is 123 Å². The van der Waals surface area contributed by atoms with Crippen molar-refractivity contribution in [3.05, 3.63) is 47.6 Å². The molecule has 368 valence electrons. The predicted molar refractivity (Wildman–Crippen MR) is 269 cm³/mol. The zero-order chi connectivity index (χ0) is 47.9. The van der Waals surface area contributed by atoms with Gasteiger partial charge in [-0.1, -0.05) is 170 Å². The first-order valence-electron chi connectivity index (χ1n) is 25.9. The highest BCUT2D eigenvalue weighted by molar-refractivity contribution is 4.95. The number of hydrogen-bond acceptors (Lipinski definition) is 8. The van der Waals surface area contributed by atoms with Gasteiger partial charge in [0, 0.05) is 38.6 Å². The van der Waals surface area contributed by atoms with Gasteiger partial charge >= 0.3 is 0 Å². The van der Waals surface area contributed by atoms with Gasteiger partial charge in [0.2, 0.25) is 0 Å². The third-order valence-electron chi connectivity index (χ3n) is 10.8. The fourth-order valence-corrected chi connectivity index (χ4v) is 7.13. The molecular weight excluding hydrogens is 793 g/mol. The van der Waals surface area contributed by atoms with Crippen molar-refractivity contribution < 1.29 is 0 Å². The Morgan fingerprint density at radius 2 is 0.812 bits per heavy atom. The van der Waals surface area contributed by atoms with Crippen molar-refractivity contribution in [3.8, 4) is 0 Å². The molecule has 0 amide bonds. The van der Waals surface area contributed by atoms with Crippen LogP contribution in [0.4, 0.5) is 0 Å². The van der Waals surface area contributed by atoms with E-state index in [4.69, 9.17) is 0 Å². The molecular formula is C52H100N12. The first kappa shape index (κ1) is 58.6. The van der Waals surface area contributed by atoms with Crippen LogP contribution in [0.25, 0.3) is 0 Å². The number of nitrogens with zero attached hydrogens (tertiary/aromatic N) is 12. The molecule has 0 aliphatic carbocycles. The zero-order valence-electron chi connectivity index (χ0n) is 44.4. The average Bonchev–Trinajstić information content (AvgIpc) is 4.02. The van der Waals surface area contributed by atoms with Gasteiger partial charge in [-0.3, -0.25) is 9.36 Å². The second-order valence-corrected chi connectivity index (χ2v) is 21.8. The molecule has 12 heteroatoms. The maximum Gasteiger partial charge on any atom is 0.0829 e. The van der Waals surface area contributed by atoms with Crippen molar-refractivity contribution in [2.75, 3.05) is 0 Å². The molecule has 0 saturated heterocycles. The molecule has 4 aromatic heterocycles. The van der Waals surface area contributed by atoms with Crippen LogP contribution in [-0.4, -0.2) is 60.0 Å². The Bertz CT molecular complexity index is 1640. The quantitative estimate of drug-likeness (QED) is 0.0517. The zero-order valence-corrected chi connectivity index (χ0v) is 44.4. The summed E-state index contributed by atoms with van der Waals surface area (Å²) in [6.45, 7) is 39.9. The van der Waals surface area contributed by atoms with Gasteiger partial charge in [-0.2, -0.15) is 0 Å². The monoisotopic (exact) mass is 893 g/mol. The molecule has 0 aliphatic rings. The Labute approximate surface area is 393 Å². The Kier molecular flexibility index (Phi) is 31.9. The minimum Gasteiger partial charge on any atom is -0.252 e. The summed E-state index contributed by atoms with van der Waals surface area (Å²) in [5, 5.41) is 33.0. The number of rotatable bonds is 28. The smallest absolute Gasteiger partial charge is 0.0829 e. The lowest BCUT2D eigenvalue weighted by Crippen LogP contribution is -2.10. The molecule has 0 N–H and O–H groups in total. The van der Waals surface area contributed by atoms with E-state index in [1.807, 2.05) is 21.8 Å². The molecule has 4 aromatic rings. The van der Waals surface area contributed by atoms with Gasteiger partial charge in [0.15, 0.2) is 0 Å². The van der Waals surface area contributed by atoms with Gasteiger partial charge in [-0.15, -0.1) is 20.4 Å². The number of unbranched alkanes of at least 4 members (excludes halogenated alkanes) is 3. The van der Waals surface area contributed by atoms with Gasteiger partial charge in [0.05, 0.1) is 35.2 Å². The van der Waals surface area contributed by atoms with Crippen LogP contribution >= 0.6 is 0 Å².